The minimum atomic E-state index is 0.555. The van der Waals surface area contributed by atoms with E-state index in [-0.39, 0.29) is 0 Å². The van der Waals surface area contributed by atoms with E-state index in [1.54, 1.807) is 0 Å². The van der Waals surface area contributed by atoms with Gasteiger partial charge in [0.2, 0.25) is 0 Å². The lowest BCUT2D eigenvalue weighted by Crippen LogP contribution is -2.23. The molecule has 0 aromatic heterocycles. The average Bonchev–Trinajstić information content (AvgIpc) is 2.47. The zero-order chi connectivity index (χ0) is 14.2. The highest BCUT2D eigenvalue weighted by molar-refractivity contribution is 8.00. The van der Waals surface area contributed by atoms with Gasteiger partial charge in [-0.05, 0) is 31.2 Å². The lowest BCUT2D eigenvalue weighted by atomic mass is 10.2. The Morgan fingerprint density at radius 3 is 2.80 bits per heavy atom. The number of unbranched alkanes of at least 4 members (excludes halogenated alkanes) is 2. The molecule has 1 aromatic rings. The van der Waals surface area contributed by atoms with Crippen molar-refractivity contribution in [1.82, 2.24) is 5.32 Å². The number of benzene rings is 1. The van der Waals surface area contributed by atoms with E-state index < -0.39 is 0 Å². The molecule has 0 saturated heterocycles. The van der Waals surface area contributed by atoms with Crippen LogP contribution in [0.1, 0.15) is 33.1 Å². The first-order chi connectivity index (χ1) is 9.79. The zero-order valence-corrected chi connectivity index (χ0v) is 13.3. The minimum Gasteiger partial charge on any atom is -0.486 e. The second kappa shape index (κ2) is 8.42. The molecule has 1 unspecified atom stereocenters. The maximum absolute atomic E-state index is 5.62. The molecule has 0 saturated carbocycles. The highest BCUT2D eigenvalue weighted by Gasteiger charge is 2.13. The Hall–Kier alpha value is -0.870. The maximum Gasteiger partial charge on any atom is 0.162 e. The number of nitrogens with one attached hydrogen (secondary N) is 1. The van der Waals surface area contributed by atoms with Gasteiger partial charge in [-0.15, -0.1) is 11.8 Å². The van der Waals surface area contributed by atoms with Gasteiger partial charge >= 0.3 is 0 Å². The van der Waals surface area contributed by atoms with Gasteiger partial charge in [0.05, 0.1) is 0 Å². The normalized spacial score (nSPS) is 15.1. The fourth-order valence-electron chi connectivity index (χ4n) is 2.18. The van der Waals surface area contributed by atoms with Crippen LogP contribution in [0.2, 0.25) is 0 Å². The lowest BCUT2D eigenvalue weighted by Gasteiger charge is -2.19. The molecule has 2 rings (SSSR count). The van der Waals surface area contributed by atoms with Gasteiger partial charge in [-0.2, -0.15) is 0 Å². The molecule has 1 atom stereocenters. The predicted molar refractivity (Wildman–Crippen MR) is 85.1 cm³/mol. The third-order valence-corrected chi connectivity index (χ3v) is 4.33. The molecular formula is C16H25NO2S. The second-order valence-corrected chi connectivity index (χ2v) is 6.66. The Labute approximate surface area is 126 Å². The molecule has 0 aliphatic carbocycles. The van der Waals surface area contributed by atoms with Crippen molar-refractivity contribution in [2.75, 3.05) is 26.3 Å². The molecule has 0 radical (unpaired) electrons. The van der Waals surface area contributed by atoms with Crippen LogP contribution >= 0.6 is 11.8 Å². The summed E-state index contributed by atoms with van der Waals surface area (Å²) in [7, 11) is 0. The summed E-state index contributed by atoms with van der Waals surface area (Å²) in [5, 5.41) is 4.08. The van der Waals surface area contributed by atoms with Crippen LogP contribution in [0.15, 0.2) is 23.1 Å². The first kappa shape index (κ1) is 15.5. The standard InChI is InChI=1S/C16H25NO2S/c1-3-4-5-8-17-12-13(2)20-14-6-7-15-16(11-14)19-10-9-18-15/h6-7,11,13,17H,3-5,8-10,12H2,1-2H3. The van der Waals surface area contributed by atoms with Gasteiger partial charge in [-0.1, -0.05) is 26.7 Å². The fourth-order valence-corrected chi connectivity index (χ4v) is 3.16. The number of hydrogen-bond acceptors (Lipinski definition) is 4. The summed E-state index contributed by atoms with van der Waals surface area (Å²) in [5.41, 5.74) is 0. The summed E-state index contributed by atoms with van der Waals surface area (Å²) >= 11 is 1.88. The molecule has 1 aliphatic heterocycles. The van der Waals surface area contributed by atoms with Gasteiger partial charge in [-0.25, -0.2) is 0 Å². The lowest BCUT2D eigenvalue weighted by molar-refractivity contribution is 0.171. The summed E-state index contributed by atoms with van der Waals surface area (Å²) in [5.74, 6) is 1.75. The van der Waals surface area contributed by atoms with Crippen molar-refractivity contribution in [3.05, 3.63) is 18.2 Å². The quantitative estimate of drug-likeness (QED) is 0.585. The fraction of sp³-hybridized carbons (Fsp3) is 0.625. The predicted octanol–water partition coefficient (Wildman–Crippen LogP) is 3.72. The Kier molecular flexibility index (Phi) is 6.54. The number of hydrogen-bond donors (Lipinski definition) is 1. The highest BCUT2D eigenvalue weighted by atomic mass is 32.2. The molecular weight excluding hydrogens is 270 g/mol. The Balaban J connectivity index is 1.75. The molecule has 0 bridgehead atoms. The summed E-state index contributed by atoms with van der Waals surface area (Å²) in [6, 6.07) is 6.22. The van der Waals surface area contributed by atoms with E-state index >= 15 is 0 Å². The summed E-state index contributed by atoms with van der Waals surface area (Å²) in [4.78, 5) is 1.25. The van der Waals surface area contributed by atoms with Crippen molar-refractivity contribution < 1.29 is 9.47 Å². The number of fused-ring (bicyclic) bond motifs is 1. The van der Waals surface area contributed by atoms with Gasteiger partial charge in [0.15, 0.2) is 11.5 Å². The summed E-state index contributed by atoms with van der Waals surface area (Å²) < 4.78 is 11.2. The van der Waals surface area contributed by atoms with Crippen molar-refractivity contribution in [2.45, 2.75) is 43.3 Å². The Bertz CT molecular complexity index is 411. The Morgan fingerprint density at radius 1 is 1.20 bits per heavy atom. The largest absolute Gasteiger partial charge is 0.486 e. The van der Waals surface area contributed by atoms with Crippen LogP contribution in [0.3, 0.4) is 0 Å². The first-order valence-electron chi connectivity index (χ1n) is 7.56. The molecule has 112 valence electrons. The molecule has 1 aliphatic rings. The van der Waals surface area contributed by atoms with Crippen LogP contribution in [-0.2, 0) is 0 Å². The SMILES string of the molecule is CCCCCNCC(C)Sc1ccc2c(c1)OCCO2. The van der Waals surface area contributed by atoms with Crippen LogP contribution < -0.4 is 14.8 Å². The van der Waals surface area contributed by atoms with Crippen molar-refractivity contribution in [3.8, 4) is 11.5 Å². The summed E-state index contributed by atoms with van der Waals surface area (Å²) in [6.07, 6.45) is 3.87. The van der Waals surface area contributed by atoms with Crippen LogP contribution in [-0.4, -0.2) is 31.6 Å². The van der Waals surface area contributed by atoms with E-state index in [2.05, 4.69) is 31.3 Å². The highest BCUT2D eigenvalue weighted by Crippen LogP contribution is 2.35. The molecule has 20 heavy (non-hydrogen) atoms. The smallest absolute Gasteiger partial charge is 0.162 e. The van der Waals surface area contributed by atoms with Crippen molar-refractivity contribution in [2.24, 2.45) is 0 Å². The first-order valence-corrected chi connectivity index (χ1v) is 8.44. The van der Waals surface area contributed by atoms with Crippen LogP contribution in [0.25, 0.3) is 0 Å². The van der Waals surface area contributed by atoms with E-state index in [0.29, 0.717) is 18.5 Å². The zero-order valence-electron chi connectivity index (χ0n) is 12.5. The molecule has 0 fully saturated rings. The summed E-state index contributed by atoms with van der Waals surface area (Å²) in [6.45, 7) is 7.96. The molecule has 1 aromatic carbocycles. The molecule has 0 amide bonds. The van der Waals surface area contributed by atoms with Crippen LogP contribution in [0.5, 0.6) is 11.5 Å². The van der Waals surface area contributed by atoms with E-state index in [1.165, 1.54) is 24.2 Å². The number of thioether (sulfide) groups is 1. The second-order valence-electron chi connectivity index (χ2n) is 5.15. The van der Waals surface area contributed by atoms with Crippen LogP contribution in [0, 0.1) is 0 Å². The van der Waals surface area contributed by atoms with Gasteiger partial charge < -0.3 is 14.8 Å². The van der Waals surface area contributed by atoms with Gasteiger partial charge in [-0.3, -0.25) is 0 Å². The van der Waals surface area contributed by atoms with Gasteiger partial charge in [0.25, 0.3) is 0 Å². The Morgan fingerprint density at radius 2 is 2.00 bits per heavy atom. The van der Waals surface area contributed by atoms with E-state index in [9.17, 15) is 0 Å². The van der Waals surface area contributed by atoms with Gasteiger partial charge in [0.1, 0.15) is 13.2 Å². The third kappa shape index (κ3) is 4.91. The van der Waals surface area contributed by atoms with Crippen LogP contribution in [0.4, 0.5) is 0 Å². The third-order valence-electron chi connectivity index (χ3n) is 3.24. The van der Waals surface area contributed by atoms with E-state index in [1.807, 2.05) is 17.8 Å². The van der Waals surface area contributed by atoms with Crippen molar-refractivity contribution in [1.29, 1.82) is 0 Å². The number of ether oxygens (including phenoxy) is 2. The minimum absolute atomic E-state index is 0.555. The molecule has 3 nitrogen and oxygen atoms in total. The molecule has 4 heteroatoms. The van der Waals surface area contributed by atoms with Crippen molar-refractivity contribution >= 4 is 11.8 Å². The topological polar surface area (TPSA) is 30.5 Å². The van der Waals surface area contributed by atoms with E-state index in [4.69, 9.17) is 9.47 Å². The van der Waals surface area contributed by atoms with E-state index in [0.717, 1.165) is 24.6 Å². The monoisotopic (exact) mass is 295 g/mol. The van der Waals surface area contributed by atoms with Crippen molar-refractivity contribution in [3.63, 3.8) is 0 Å². The molecule has 1 N–H and O–H groups in total. The molecule has 1 heterocycles. The maximum atomic E-state index is 5.62. The average molecular weight is 295 g/mol. The van der Waals surface area contributed by atoms with Gasteiger partial charge in [0, 0.05) is 16.7 Å². The molecule has 0 spiro atoms. The number of rotatable bonds is 8.